The Balaban J connectivity index is 1.72. The molecule has 0 saturated carbocycles. The van der Waals surface area contributed by atoms with Crippen LogP contribution in [0.3, 0.4) is 0 Å². The number of para-hydroxylation sites is 2. The molecule has 4 nitrogen and oxygen atoms in total. The Morgan fingerprint density at radius 1 is 1.04 bits per heavy atom. The van der Waals surface area contributed by atoms with Crippen molar-refractivity contribution in [2.45, 2.75) is 33.2 Å². The summed E-state index contributed by atoms with van der Waals surface area (Å²) in [6.45, 7) is 5.60. The SMILES string of the molecule is CCOC(=O)CCCOc1ccccc1C[n+]1ccc(C)c2ccccc21. The van der Waals surface area contributed by atoms with Crippen LogP contribution in [0.25, 0.3) is 10.9 Å². The van der Waals surface area contributed by atoms with Crippen LogP contribution in [0, 0.1) is 6.92 Å². The summed E-state index contributed by atoms with van der Waals surface area (Å²) < 4.78 is 13.1. The number of benzene rings is 2. The van der Waals surface area contributed by atoms with Gasteiger partial charge in [-0.05, 0) is 44.0 Å². The third-order valence-electron chi connectivity index (χ3n) is 4.54. The fourth-order valence-corrected chi connectivity index (χ4v) is 3.16. The zero-order valence-electron chi connectivity index (χ0n) is 16.0. The summed E-state index contributed by atoms with van der Waals surface area (Å²) in [7, 11) is 0. The lowest BCUT2D eigenvalue weighted by molar-refractivity contribution is -0.662. The van der Waals surface area contributed by atoms with Crippen molar-refractivity contribution in [2.75, 3.05) is 13.2 Å². The first-order chi connectivity index (χ1) is 13.2. The van der Waals surface area contributed by atoms with Gasteiger partial charge in [0.15, 0.2) is 12.7 Å². The molecule has 3 aromatic rings. The van der Waals surface area contributed by atoms with Crippen LogP contribution in [0.2, 0.25) is 0 Å². The van der Waals surface area contributed by atoms with Gasteiger partial charge in [0.1, 0.15) is 5.75 Å². The lowest BCUT2D eigenvalue weighted by Gasteiger charge is -2.10. The van der Waals surface area contributed by atoms with Gasteiger partial charge in [-0.2, -0.15) is 4.57 Å². The minimum absolute atomic E-state index is 0.170. The van der Waals surface area contributed by atoms with Crippen molar-refractivity contribution >= 4 is 16.9 Å². The van der Waals surface area contributed by atoms with Gasteiger partial charge >= 0.3 is 5.97 Å². The zero-order valence-corrected chi connectivity index (χ0v) is 16.0. The molecule has 0 radical (unpaired) electrons. The van der Waals surface area contributed by atoms with Gasteiger partial charge in [0.05, 0.1) is 18.8 Å². The molecule has 0 aliphatic rings. The van der Waals surface area contributed by atoms with Crippen LogP contribution in [0.4, 0.5) is 0 Å². The van der Waals surface area contributed by atoms with Crippen LogP contribution in [0.15, 0.2) is 60.8 Å². The molecule has 0 unspecified atom stereocenters. The van der Waals surface area contributed by atoms with Crippen LogP contribution >= 0.6 is 0 Å². The highest BCUT2D eigenvalue weighted by atomic mass is 16.5. The second kappa shape index (κ2) is 9.17. The Kier molecular flexibility index (Phi) is 6.42. The topological polar surface area (TPSA) is 39.4 Å². The molecule has 0 aliphatic carbocycles. The molecule has 0 fully saturated rings. The van der Waals surface area contributed by atoms with Crippen LogP contribution in [0.1, 0.15) is 30.9 Å². The van der Waals surface area contributed by atoms with Gasteiger partial charge in [-0.25, -0.2) is 0 Å². The molecular weight excluding hydrogens is 338 g/mol. The third kappa shape index (κ3) is 4.85. The standard InChI is InChI=1S/C23H26NO3/c1-3-26-23(25)13-8-16-27-22-12-7-4-9-19(22)17-24-15-14-18(2)20-10-5-6-11-21(20)24/h4-7,9-12,14-15H,3,8,13,16-17H2,1-2H3/q+1. The number of hydrogen-bond acceptors (Lipinski definition) is 3. The molecule has 27 heavy (non-hydrogen) atoms. The third-order valence-corrected chi connectivity index (χ3v) is 4.54. The Morgan fingerprint density at radius 2 is 1.81 bits per heavy atom. The van der Waals surface area contributed by atoms with E-state index in [1.165, 1.54) is 16.5 Å². The largest absolute Gasteiger partial charge is 0.493 e. The molecule has 1 aromatic heterocycles. The van der Waals surface area contributed by atoms with Crippen molar-refractivity contribution in [1.29, 1.82) is 0 Å². The van der Waals surface area contributed by atoms with E-state index in [9.17, 15) is 4.79 Å². The number of aromatic nitrogens is 1. The summed E-state index contributed by atoms with van der Waals surface area (Å²) in [5, 5.41) is 1.26. The second-order valence-corrected chi connectivity index (χ2v) is 6.51. The number of hydrogen-bond donors (Lipinski definition) is 0. The predicted octanol–water partition coefficient (Wildman–Crippen LogP) is 4.21. The van der Waals surface area contributed by atoms with E-state index in [1.807, 2.05) is 25.1 Å². The normalized spacial score (nSPS) is 10.7. The van der Waals surface area contributed by atoms with E-state index in [2.05, 4.69) is 54.1 Å². The molecule has 140 valence electrons. The van der Waals surface area contributed by atoms with E-state index in [4.69, 9.17) is 9.47 Å². The van der Waals surface area contributed by atoms with Gasteiger partial charge in [-0.1, -0.05) is 24.3 Å². The summed E-state index contributed by atoms with van der Waals surface area (Å²) in [6, 6.07) is 18.6. The number of carbonyl (C=O) groups is 1. The summed E-state index contributed by atoms with van der Waals surface area (Å²) >= 11 is 0. The first-order valence-corrected chi connectivity index (χ1v) is 9.43. The Labute approximate surface area is 160 Å². The fourth-order valence-electron chi connectivity index (χ4n) is 3.16. The molecule has 0 N–H and O–H groups in total. The van der Waals surface area contributed by atoms with Crippen molar-refractivity contribution in [3.63, 3.8) is 0 Å². The van der Waals surface area contributed by atoms with Gasteiger partial charge < -0.3 is 9.47 Å². The summed E-state index contributed by atoms with van der Waals surface area (Å²) in [4.78, 5) is 11.4. The van der Waals surface area contributed by atoms with Crippen molar-refractivity contribution in [3.8, 4) is 5.75 Å². The number of aryl methyl sites for hydroxylation is 1. The Hall–Kier alpha value is -2.88. The second-order valence-electron chi connectivity index (χ2n) is 6.51. The van der Waals surface area contributed by atoms with Crippen molar-refractivity contribution < 1.29 is 18.8 Å². The van der Waals surface area contributed by atoms with E-state index in [0.29, 0.717) is 26.1 Å². The predicted molar refractivity (Wildman–Crippen MR) is 106 cm³/mol. The lowest BCUT2D eigenvalue weighted by Crippen LogP contribution is -2.35. The molecule has 0 aliphatic heterocycles. The fraction of sp³-hybridized carbons (Fsp3) is 0.304. The smallest absolute Gasteiger partial charge is 0.305 e. The van der Waals surface area contributed by atoms with Crippen molar-refractivity contribution in [2.24, 2.45) is 0 Å². The first kappa shape index (κ1) is 18.9. The number of ether oxygens (including phenoxy) is 2. The molecule has 0 bridgehead atoms. The van der Waals surface area contributed by atoms with Crippen LogP contribution in [0.5, 0.6) is 5.75 Å². The van der Waals surface area contributed by atoms with Gasteiger partial charge in [0.25, 0.3) is 0 Å². The molecular formula is C23H26NO3+. The van der Waals surface area contributed by atoms with Crippen molar-refractivity contribution in [3.05, 3.63) is 71.9 Å². The Morgan fingerprint density at radius 3 is 2.67 bits per heavy atom. The minimum atomic E-state index is -0.170. The number of esters is 1. The van der Waals surface area contributed by atoms with E-state index in [1.54, 1.807) is 0 Å². The first-order valence-electron chi connectivity index (χ1n) is 9.43. The molecule has 3 rings (SSSR count). The number of nitrogens with zero attached hydrogens (tertiary/aromatic N) is 1. The number of pyridine rings is 1. The molecule has 0 atom stereocenters. The maximum atomic E-state index is 11.4. The molecule has 1 heterocycles. The molecule has 0 amide bonds. The molecule has 4 heteroatoms. The number of fused-ring (bicyclic) bond motifs is 1. The van der Waals surface area contributed by atoms with Crippen LogP contribution < -0.4 is 9.30 Å². The highest BCUT2D eigenvalue weighted by Gasteiger charge is 2.14. The number of carbonyl (C=O) groups excluding carboxylic acids is 1. The molecule has 2 aromatic carbocycles. The maximum Gasteiger partial charge on any atom is 0.305 e. The zero-order chi connectivity index (χ0) is 19.1. The molecule has 0 spiro atoms. The van der Waals surface area contributed by atoms with E-state index < -0.39 is 0 Å². The lowest BCUT2D eigenvalue weighted by atomic mass is 10.1. The van der Waals surface area contributed by atoms with E-state index >= 15 is 0 Å². The highest BCUT2D eigenvalue weighted by molar-refractivity contribution is 5.78. The number of rotatable bonds is 8. The Bertz CT molecular complexity index is 920. The van der Waals surface area contributed by atoms with E-state index in [-0.39, 0.29) is 5.97 Å². The summed E-state index contributed by atoms with van der Waals surface area (Å²) in [5.41, 5.74) is 3.59. The summed E-state index contributed by atoms with van der Waals surface area (Å²) in [5.74, 6) is 0.689. The van der Waals surface area contributed by atoms with Gasteiger partial charge in [-0.3, -0.25) is 4.79 Å². The van der Waals surface area contributed by atoms with Gasteiger partial charge in [0.2, 0.25) is 5.52 Å². The average molecular weight is 364 g/mol. The van der Waals surface area contributed by atoms with Gasteiger partial charge in [0, 0.05) is 23.9 Å². The van der Waals surface area contributed by atoms with Crippen LogP contribution in [-0.4, -0.2) is 19.2 Å². The van der Waals surface area contributed by atoms with E-state index in [0.717, 1.165) is 17.9 Å². The van der Waals surface area contributed by atoms with Gasteiger partial charge in [-0.15, -0.1) is 0 Å². The maximum absolute atomic E-state index is 11.4. The summed E-state index contributed by atoms with van der Waals surface area (Å²) in [6.07, 6.45) is 3.15. The van der Waals surface area contributed by atoms with Crippen LogP contribution in [-0.2, 0) is 16.1 Å². The molecule has 0 saturated heterocycles. The quantitative estimate of drug-likeness (QED) is 0.341. The minimum Gasteiger partial charge on any atom is -0.493 e. The monoisotopic (exact) mass is 364 g/mol. The van der Waals surface area contributed by atoms with Crippen molar-refractivity contribution in [1.82, 2.24) is 0 Å². The highest BCUT2D eigenvalue weighted by Crippen LogP contribution is 2.20. The average Bonchev–Trinajstić information content (AvgIpc) is 2.69.